The summed E-state index contributed by atoms with van der Waals surface area (Å²) < 4.78 is 10.4. The Labute approximate surface area is 77.9 Å². The van der Waals surface area contributed by atoms with Gasteiger partial charge in [0.05, 0.1) is 0 Å². The van der Waals surface area contributed by atoms with E-state index < -0.39 is 8.03 Å². The Morgan fingerprint density at radius 1 is 1.42 bits per heavy atom. The number of rotatable bonds is 2. The van der Waals surface area contributed by atoms with E-state index in [1.165, 1.54) is 0 Å². The lowest BCUT2D eigenvalue weighted by molar-refractivity contribution is 0.502. The highest BCUT2D eigenvalue weighted by Crippen LogP contribution is 2.24. The summed E-state index contributed by atoms with van der Waals surface area (Å²) in [6.45, 7) is 0. The Kier molecular flexibility index (Phi) is 4.83. The fourth-order valence-corrected chi connectivity index (χ4v) is 1.40. The van der Waals surface area contributed by atoms with Crippen LogP contribution in [0.15, 0.2) is 24.3 Å². The first-order valence-electron chi connectivity index (χ1n) is 3.17. The van der Waals surface area contributed by atoms with Crippen LogP contribution in [0.3, 0.4) is 0 Å². The SMILES string of the molecule is Cl.Nc1ccccc1C[P+](=O)O. The van der Waals surface area contributed by atoms with Gasteiger partial charge < -0.3 is 5.73 Å². The fourth-order valence-electron chi connectivity index (χ4n) is 0.824. The Balaban J connectivity index is 0.00000121. The average Bonchev–Trinajstić information content (AvgIpc) is 1.93. The number of hydrogen-bond donors (Lipinski definition) is 2. The molecule has 12 heavy (non-hydrogen) atoms. The van der Waals surface area contributed by atoms with Crippen LogP contribution < -0.4 is 5.73 Å². The summed E-state index contributed by atoms with van der Waals surface area (Å²) >= 11 is 0. The van der Waals surface area contributed by atoms with E-state index in [9.17, 15) is 4.57 Å². The van der Waals surface area contributed by atoms with E-state index >= 15 is 0 Å². The summed E-state index contributed by atoms with van der Waals surface area (Å²) in [7, 11) is -2.12. The van der Waals surface area contributed by atoms with E-state index in [2.05, 4.69) is 0 Å². The second kappa shape index (κ2) is 5.09. The molecule has 1 atom stereocenters. The van der Waals surface area contributed by atoms with Gasteiger partial charge in [0.15, 0.2) is 0 Å². The maximum absolute atomic E-state index is 10.4. The first-order chi connectivity index (χ1) is 5.20. The molecule has 0 heterocycles. The van der Waals surface area contributed by atoms with Crippen LogP contribution in [0.4, 0.5) is 5.69 Å². The molecule has 1 aromatic carbocycles. The molecule has 1 unspecified atom stereocenters. The minimum Gasteiger partial charge on any atom is -0.398 e. The van der Waals surface area contributed by atoms with Crippen molar-refractivity contribution in [3.05, 3.63) is 29.8 Å². The molecule has 0 saturated carbocycles. The summed E-state index contributed by atoms with van der Waals surface area (Å²) in [5.41, 5.74) is 6.84. The molecule has 0 fully saturated rings. The van der Waals surface area contributed by atoms with Crippen LogP contribution in [0.2, 0.25) is 0 Å². The zero-order valence-corrected chi connectivity index (χ0v) is 8.02. The highest BCUT2D eigenvalue weighted by atomic mass is 35.5. The van der Waals surface area contributed by atoms with E-state index in [4.69, 9.17) is 10.6 Å². The average molecular weight is 207 g/mol. The third-order valence-corrected chi connectivity index (χ3v) is 1.97. The van der Waals surface area contributed by atoms with Crippen molar-refractivity contribution in [1.82, 2.24) is 0 Å². The van der Waals surface area contributed by atoms with Gasteiger partial charge in [-0.25, -0.2) is 0 Å². The van der Waals surface area contributed by atoms with Crippen molar-refractivity contribution in [2.75, 3.05) is 5.73 Å². The van der Waals surface area contributed by atoms with Crippen molar-refractivity contribution in [3.8, 4) is 0 Å². The summed E-state index contributed by atoms with van der Waals surface area (Å²) in [6.07, 6.45) is 0.141. The summed E-state index contributed by atoms with van der Waals surface area (Å²) in [5, 5.41) is 0. The van der Waals surface area contributed by atoms with Crippen LogP contribution >= 0.6 is 20.4 Å². The van der Waals surface area contributed by atoms with Gasteiger partial charge in [0.2, 0.25) is 6.16 Å². The van der Waals surface area contributed by atoms with Gasteiger partial charge in [-0.2, -0.15) is 4.89 Å². The molecule has 5 heteroatoms. The molecule has 0 spiro atoms. The smallest absolute Gasteiger partial charge is 0.398 e. The number of hydrogen-bond acceptors (Lipinski definition) is 2. The number of benzene rings is 1. The topological polar surface area (TPSA) is 63.3 Å². The van der Waals surface area contributed by atoms with Crippen molar-refractivity contribution in [3.63, 3.8) is 0 Å². The predicted octanol–water partition coefficient (Wildman–Crippen LogP) is 1.93. The normalized spacial score (nSPS) is 10.2. The van der Waals surface area contributed by atoms with Gasteiger partial charge in [-0.05, 0) is 10.6 Å². The Morgan fingerprint density at radius 3 is 2.50 bits per heavy atom. The van der Waals surface area contributed by atoms with Crippen LogP contribution in [-0.2, 0) is 10.7 Å². The minimum atomic E-state index is -2.12. The van der Waals surface area contributed by atoms with Gasteiger partial charge in [-0.1, -0.05) is 18.2 Å². The maximum atomic E-state index is 10.4. The standard InChI is InChI=1S/C7H8NO2P.ClH/c8-7-4-2-1-3-6(7)5-11(9)10;/h1-4H,5,8H2;1H/p+1. The number of halogens is 1. The van der Waals surface area contributed by atoms with Crippen molar-refractivity contribution < 1.29 is 9.46 Å². The van der Waals surface area contributed by atoms with E-state index in [0.29, 0.717) is 5.69 Å². The molecule has 1 aromatic rings. The molecule has 0 bridgehead atoms. The van der Waals surface area contributed by atoms with Crippen molar-refractivity contribution in [1.29, 1.82) is 0 Å². The molecule has 3 nitrogen and oxygen atoms in total. The number of anilines is 1. The second-order valence-electron chi connectivity index (χ2n) is 2.21. The highest BCUT2D eigenvalue weighted by Gasteiger charge is 2.12. The monoisotopic (exact) mass is 206 g/mol. The first-order valence-corrected chi connectivity index (χ1v) is 4.57. The number of nitrogens with two attached hydrogens (primary N) is 1. The molecule has 0 aromatic heterocycles. The van der Waals surface area contributed by atoms with E-state index in [1.54, 1.807) is 24.3 Å². The quantitative estimate of drug-likeness (QED) is 0.574. The minimum absolute atomic E-state index is 0. The van der Waals surface area contributed by atoms with Crippen molar-refractivity contribution in [2.24, 2.45) is 0 Å². The largest absolute Gasteiger partial charge is 0.510 e. The molecular formula is C7H10ClNO2P+. The molecular weight excluding hydrogens is 197 g/mol. The van der Waals surface area contributed by atoms with E-state index in [-0.39, 0.29) is 18.6 Å². The third kappa shape index (κ3) is 3.18. The summed E-state index contributed by atoms with van der Waals surface area (Å²) in [4.78, 5) is 8.58. The molecule has 0 saturated heterocycles. The number of nitrogen functional groups attached to an aromatic ring is 1. The third-order valence-electron chi connectivity index (χ3n) is 1.36. The Morgan fingerprint density at radius 2 is 2.00 bits per heavy atom. The lowest BCUT2D eigenvalue weighted by Gasteiger charge is -1.95. The molecule has 0 radical (unpaired) electrons. The molecule has 1 rings (SSSR count). The fraction of sp³-hybridized carbons (Fsp3) is 0.143. The van der Waals surface area contributed by atoms with Crippen molar-refractivity contribution in [2.45, 2.75) is 6.16 Å². The second-order valence-corrected chi connectivity index (χ2v) is 3.23. The van der Waals surface area contributed by atoms with Crippen LogP contribution in [0.25, 0.3) is 0 Å². The lowest BCUT2D eigenvalue weighted by Crippen LogP contribution is -1.90. The van der Waals surface area contributed by atoms with E-state index in [0.717, 1.165) is 5.56 Å². The van der Waals surface area contributed by atoms with E-state index in [1.807, 2.05) is 0 Å². The molecule has 66 valence electrons. The molecule has 3 N–H and O–H groups in total. The highest BCUT2D eigenvalue weighted by molar-refractivity contribution is 7.37. The Bertz CT molecular complexity index is 280. The van der Waals surface area contributed by atoms with Gasteiger partial charge >= 0.3 is 8.03 Å². The zero-order chi connectivity index (χ0) is 8.27. The van der Waals surface area contributed by atoms with Gasteiger partial charge in [-0.15, -0.1) is 12.4 Å². The van der Waals surface area contributed by atoms with Crippen LogP contribution in [0, 0.1) is 0 Å². The van der Waals surface area contributed by atoms with Gasteiger partial charge in [-0.3, -0.25) is 0 Å². The summed E-state index contributed by atoms with van der Waals surface area (Å²) in [6, 6.07) is 7.06. The molecule has 0 aliphatic rings. The molecule has 0 aliphatic carbocycles. The predicted molar refractivity (Wildman–Crippen MR) is 51.6 cm³/mol. The van der Waals surface area contributed by atoms with Crippen LogP contribution in [0.5, 0.6) is 0 Å². The van der Waals surface area contributed by atoms with Gasteiger partial charge in [0, 0.05) is 11.3 Å². The van der Waals surface area contributed by atoms with Crippen LogP contribution in [0.1, 0.15) is 5.56 Å². The summed E-state index contributed by atoms with van der Waals surface area (Å²) in [5.74, 6) is 0. The first kappa shape index (κ1) is 11.4. The van der Waals surface area contributed by atoms with Crippen LogP contribution in [-0.4, -0.2) is 4.89 Å². The van der Waals surface area contributed by atoms with Crippen molar-refractivity contribution >= 4 is 26.1 Å². The number of para-hydroxylation sites is 1. The van der Waals surface area contributed by atoms with Gasteiger partial charge in [0.1, 0.15) is 0 Å². The van der Waals surface area contributed by atoms with Gasteiger partial charge in [0.25, 0.3) is 0 Å². The molecule has 0 aliphatic heterocycles. The maximum Gasteiger partial charge on any atom is 0.510 e. The zero-order valence-electron chi connectivity index (χ0n) is 6.30. The lowest BCUT2D eigenvalue weighted by atomic mass is 10.2. The Hall–Kier alpha value is -0.630. The molecule has 0 amide bonds.